The zero-order valence-corrected chi connectivity index (χ0v) is 18.1. The van der Waals surface area contributed by atoms with Gasteiger partial charge in [-0.25, -0.2) is 4.99 Å². The Balaban J connectivity index is 1.33. The smallest absolute Gasteiger partial charge is 0.255 e. The number of hydrogen-bond acceptors (Lipinski definition) is 4. The molecule has 7 nitrogen and oxygen atoms in total. The summed E-state index contributed by atoms with van der Waals surface area (Å²) in [5, 5.41) is 3.45. The van der Waals surface area contributed by atoms with Crippen LogP contribution >= 0.6 is 0 Å². The van der Waals surface area contributed by atoms with E-state index in [4.69, 9.17) is 15.5 Å². The minimum atomic E-state index is -0.475. The normalized spacial score (nSPS) is 26.8. The first kappa shape index (κ1) is 21.0. The number of amides is 1. The van der Waals surface area contributed by atoms with Crippen LogP contribution in [0.1, 0.15) is 38.2 Å². The number of guanidine groups is 1. The van der Waals surface area contributed by atoms with Gasteiger partial charge < -0.3 is 20.7 Å². The summed E-state index contributed by atoms with van der Waals surface area (Å²) in [4.78, 5) is 20.9. The summed E-state index contributed by atoms with van der Waals surface area (Å²) >= 11 is 0. The van der Waals surface area contributed by atoms with Crippen LogP contribution in [-0.2, 0) is 11.3 Å². The van der Waals surface area contributed by atoms with Crippen molar-refractivity contribution in [2.45, 2.75) is 45.2 Å². The van der Waals surface area contributed by atoms with Crippen LogP contribution in [0, 0.1) is 11.8 Å². The van der Waals surface area contributed by atoms with Crippen molar-refractivity contribution < 1.29 is 9.53 Å². The maximum atomic E-state index is 10.9. The van der Waals surface area contributed by atoms with Gasteiger partial charge in [-0.2, -0.15) is 0 Å². The van der Waals surface area contributed by atoms with Gasteiger partial charge in [0.05, 0.1) is 6.54 Å². The second kappa shape index (κ2) is 9.69. The van der Waals surface area contributed by atoms with E-state index in [0.29, 0.717) is 12.3 Å². The number of aliphatic imine (C=N–C) groups is 1. The van der Waals surface area contributed by atoms with Crippen LogP contribution in [0.2, 0.25) is 0 Å². The van der Waals surface area contributed by atoms with Crippen molar-refractivity contribution in [1.82, 2.24) is 15.1 Å². The van der Waals surface area contributed by atoms with E-state index in [1.54, 1.807) is 0 Å². The molecule has 3 N–H and O–H groups in total. The average Bonchev–Trinajstić information content (AvgIpc) is 3.39. The monoisotopic (exact) mass is 413 g/mol. The fourth-order valence-electron chi connectivity index (χ4n) is 5.40. The number of ether oxygens (including phenoxy) is 1. The second-order valence-corrected chi connectivity index (χ2v) is 8.84. The fourth-order valence-corrected chi connectivity index (χ4v) is 5.40. The van der Waals surface area contributed by atoms with Gasteiger partial charge in [0.25, 0.3) is 5.91 Å². The molecule has 0 aromatic heterocycles. The number of benzene rings is 1. The number of rotatable bonds is 7. The number of fused-ring (bicyclic) bond motifs is 2. The number of nitrogens with zero attached hydrogens (tertiary/aromatic N) is 3. The molecule has 3 atom stereocenters. The minimum absolute atomic E-state index is 0.109. The lowest BCUT2D eigenvalue weighted by Gasteiger charge is -2.42. The quantitative estimate of drug-likeness (QED) is 0.526. The van der Waals surface area contributed by atoms with Crippen LogP contribution in [0.4, 0.5) is 0 Å². The van der Waals surface area contributed by atoms with Gasteiger partial charge in [0, 0.05) is 38.8 Å². The average molecular weight is 414 g/mol. The first-order valence-electron chi connectivity index (χ1n) is 11.4. The number of nitrogens with two attached hydrogens (primary N) is 1. The van der Waals surface area contributed by atoms with Gasteiger partial charge in [0.1, 0.15) is 5.75 Å². The number of carbonyl (C=O) groups excluding carboxylic acids is 1. The summed E-state index contributed by atoms with van der Waals surface area (Å²) in [7, 11) is 0. The molecule has 164 valence electrons. The molecule has 1 aliphatic heterocycles. The molecule has 3 fully saturated rings. The fraction of sp³-hybridized carbons (Fsp3) is 0.652. The lowest BCUT2D eigenvalue weighted by atomic mass is 9.93. The standard InChI is InChI=1S/C23H35N5O2/c1-2-25-23(26-15-18-4-3-5-20(13-18)30-16-22(24)29)28-10-8-27(9-11-28)21-14-17-6-7-19(21)12-17/h3-5,13,17,19,21H,2,6-12,14-16H2,1H3,(H2,24,29)(H,25,26). The third-order valence-electron chi connectivity index (χ3n) is 6.81. The maximum Gasteiger partial charge on any atom is 0.255 e. The van der Waals surface area contributed by atoms with Crippen LogP contribution in [0.3, 0.4) is 0 Å². The van der Waals surface area contributed by atoms with Gasteiger partial charge in [0.2, 0.25) is 0 Å². The molecule has 1 amide bonds. The van der Waals surface area contributed by atoms with Crippen molar-refractivity contribution in [3.8, 4) is 5.75 Å². The summed E-state index contributed by atoms with van der Waals surface area (Å²) in [6, 6.07) is 8.52. The molecule has 2 bridgehead atoms. The zero-order chi connectivity index (χ0) is 20.9. The Hall–Kier alpha value is -2.28. The van der Waals surface area contributed by atoms with Crippen LogP contribution in [0.5, 0.6) is 5.75 Å². The molecule has 7 heteroatoms. The SMILES string of the molecule is CCNC(=NCc1cccc(OCC(N)=O)c1)N1CCN(C2CC3CCC2C3)CC1. The molecule has 1 heterocycles. The summed E-state index contributed by atoms with van der Waals surface area (Å²) in [6.45, 7) is 7.75. The van der Waals surface area contributed by atoms with E-state index in [2.05, 4.69) is 22.0 Å². The Bertz CT molecular complexity index is 760. The topological polar surface area (TPSA) is 83.2 Å². The van der Waals surface area contributed by atoms with E-state index in [1.165, 1.54) is 25.7 Å². The van der Waals surface area contributed by atoms with E-state index in [-0.39, 0.29) is 6.61 Å². The van der Waals surface area contributed by atoms with Crippen LogP contribution in [0.25, 0.3) is 0 Å². The maximum absolute atomic E-state index is 10.9. The Morgan fingerprint density at radius 1 is 1.23 bits per heavy atom. The number of hydrogen-bond donors (Lipinski definition) is 2. The van der Waals surface area contributed by atoms with Crippen molar-refractivity contribution in [2.75, 3.05) is 39.3 Å². The molecular formula is C23H35N5O2. The first-order chi connectivity index (χ1) is 14.6. The number of carbonyl (C=O) groups is 1. The van der Waals surface area contributed by atoms with Crippen molar-refractivity contribution in [2.24, 2.45) is 22.6 Å². The number of piperazine rings is 1. The Labute approximate surface area is 179 Å². The van der Waals surface area contributed by atoms with Crippen LogP contribution in [0.15, 0.2) is 29.3 Å². The van der Waals surface area contributed by atoms with Crippen LogP contribution < -0.4 is 15.8 Å². The molecule has 2 aliphatic carbocycles. The second-order valence-electron chi connectivity index (χ2n) is 8.84. The zero-order valence-electron chi connectivity index (χ0n) is 18.1. The van der Waals surface area contributed by atoms with Gasteiger partial charge in [-0.1, -0.05) is 18.6 Å². The summed E-state index contributed by atoms with van der Waals surface area (Å²) < 4.78 is 5.41. The van der Waals surface area contributed by atoms with E-state index in [1.807, 2.05) is 24.3 Å². The van der Waals surface area contributed by atoms with Gasteiger partial charge in [-0.3, -0.25) is 9.69 Å². The molecule has 0 radical (unpaired) electrons. The summed E-state index contributed by atoms with van der Waals surface area (Å²) in [5.74, 6) is 3.10. The molecule has 0 spiro atoms. The lowest BCUT2D eigenvalue weighted by Crippen LogP contribution is -2.55. The largest absolute Gasteiger partial charge is 0.484 e. The highest BCUT2D eigenvalue weighted by Crippen LogP contribution is 2.46. The minimum Gasteiger partial charge on any atom is -0.484 e. The highest BCUT2D eigenvalue weighted by atomic mass is 16.5. The molecule has 3 aliphatic rings. The van der Waals surface area contributed by atoms with E-state index < -0.39 is 5.91 Å². The van der Waals surface area contributed by atoms with Gasteiger partial charge in [0.15, 0.2) is 12.6 Å². The predicted molar refractivity (Wildman–Crippen MR) is 118 cm³/mol. The molecule has 1 saturated heterocycles. The molecule has 4 rings (SSSR count). The molecule has 1 aromatic carbocycles. The highest BCUT2D eigenvalue weighted by molar-refractivity contribution is 5.80. The summed E-state index contributed by atoms with van der Waals surface area (Å²) in [5.41, 5.74) is 6.21. The van der Waals surface area contributed by atoms with Crippen LogP contribution in [-0.4, -0.2) is 67.0 Å². The molecule has 3 unspecified atom stereocenters. The van der Waals surface area contributed by atoms with E-state index in [0.717, 1.165) is 62.1 Å². The van der Waals surface area contributed by atoms with Gasteiger partial charge >= 0.3 is 0 Å². The van der Waals surface area contributed by atoms with Crippen molar-refractivity contribution in [3.63, 3.8) is 0 Å². The predicted octanol–water partition coefficient (Wildman–Crippen LogP) is 1.82. The third kappa shape index (κ3) is 5.06. The number of nitrogens with one attached hydrogen (secondary N) is 1. The van der Waals surface area contributed by atoms with E-state index >= 15 is 0 Å². The number of primary amides is 1. The van der Waals surface area contributed by atoms with Gasteiger partial charge in [-0.05, 0) is 55.7 Å². The molecular weight excluding hydrogens is 378 g/mol. The Morgan fingerprint density at radius 2 is 2.07 bits per heavy atom. The Kier molecular flexibility index (Phi) is 6.77. The first-order valence-corrected chi connectivity index (χ1v) is 11.4. The van der Waals surface area contributed by atoms with E-state index in [9.17, 15) is 4.79 Å². The Morgan fingerprint density at radius 3 is 2.73 bits per heavy atom. The molecule has 2 saturated carbocycles. The van der Waals surface area contributed by atoms with Gasteiger partial charge in [-0.15, -0.1) is 0 Å². The summed E-state index contributed by atoms with van der Waals surface area (Å²) in [6.07, 6.45) is 5.80. The lowest BCUT2D eigenvalue weighted by molar-refractivity contribution is -0.119. The van der Waals surface area contributed by atoms with Crippen molar-refractivity contribution >= 4 is 11.9 Å². The molecule has 1 aromatic rings. The third-order valence-corrected chi connectivity index (χ3v) is 6.81. The van der Waals surface area contributed by atoms with Crippen molar-refractivity contribution in [1.29, 1.82) is 0 Å². The van der Waals surface area contributed by atoms with Crippen molar-refractivity contribution in [3.05, 3.63) is 29.8 Å². The highest BCUT2D eigenvalue weighted by Gasteiger charge is 2.42. The molecule has 30 heavy (non-hydrogen) atoms.